The quantitative estimate of drug-likeness (QED) is 0.546. The maximum atomic E-state index is 12.2. The van der Waals surface area contributed by atoms with Crippen LogP contribution in [0.3, 0.4) is 0 Å². The van der Waals surface area contributed by atoms with E-state index in [9.17, 15) is 14.4 Å². The van der Waals surface area contributed by atoms with E-state index in [0.717, 1.165) is 12.8 Å². The van der Waals surface area contributed by atoms with Crippen molar-refractivity contribution in [3.63, 3.8) is 0 Å². The van der Waals surface area contributed by atoms with Gasteiger partial charge in [0.25, 0.3) is 0 Å². The second kappa shape index (κ2) is 9.61. The summed E-state index contributed by atoms with van der Waals surface area (Å²) in [6.07, 6.45) is 7.35. The third-order valence-electron chi connectivity index (χ3n) is 4.88. The summed E-state index contributed by atoms with van der Waals surface area (Å²) >= 11 is 0. The highest BCUT2D eigenvalue weighted by atomic mass is 16.5. The highest BCUT2D eigenvalue weighted by molar-refractivity contribution is 5.87. The summed E-state index contributed by atoms with van der Waals surface area (Å²) in [5, 5.41) is 5.88. The van der Waals surface area contributed by atoms with Gasteiger partial charge in [0.2, 0.25) is 11.8 Å². The lowest BCUT2D eigenvalue weighted by Crippen LogP contribution is -2.56. The van der Waals surface area contributed by atoms with Crippen LogP contribution in [0.2, 0.25) is 0 Å². The number of ether oxygens (including phenoxy) is 1. The van der Waals surface area contributed by atoms with Crippen LogP contribution >= 0.6 is 0 Å². The van der Waals surface area contributed by atoms with Crippen molar-refractivity contribution in [3.8, 4) is 0 Å². The smallest absolute Gasteiger partial charge is 0.307 e. The number of carbonyl (C=O) groups excluding carboxylic acids is 3. The van der Waals surface area contributed by atoms with Crippen molar-refractivity contribution in [3.05, 3.63) is 0 Å². The van der Waals surface area contributed by atoms with E-state index in [1.165, 1.54) is 32.8 Å². The molecule has 0 aromatic heterocycles. The molecule has 7 nitrogen and oxygen atoms in total. The Morgan fingerprint density at radius 3 is 2.62 bits per heavy atom. The Balaban J connectivity index is 1.80. The summed E-state index contributed by atoms with van der Waals surface area (Å²) in [5.41, 5.74) is 0. The van der Waals surface area contributed by atoms with E-state index in [4.69, 9.17) is 0 Å². The van der Waals surface area contributed by atoms with Crippen LogP contribution in [-0.4, -0.2) is 61.5 Å². The van der Waals surface area contributed by atoms with Crippen molar-refractivity contribution < 1.29 is 19.1 Å². The summed E-state index contributed by atoms with van der Waals surface area (Å²) in [7, 11) is 1.31. The lowest BCUT2D eigenvalue weighted by atomic mass is 10.1. The highest BCUT2D eigenvalue weighted by Crippen LogP contribution is 2.17. The zero-order valence-corrected chi connectivity index (χ0v) is 14.5. The van der Waals surface area contributed by atoms with Crippen molar-refractivity contribution in [2.75, 3.05) is 26.7 Å². The third-order valence-corrected chi connectivity index (χ3v) is 4.88. The van der Waals surface area contributed by atoms with E-state index in [2.05, 4.69) is 15.4 Å². The van der Waals surface area contributed by atoms with Gasteiger partial charge in [-0.1, -0.05) is 25.7 Å². The molecule has 0 spiro atoms. The lowest BCUT2D eigenvalue weighted by molar-refractivity contribution is -0.146. The Morgan fingerprint density at radius 2 is 1.96 bits per heavy atom. The first kappa shape index (κ1) is 18.7. The number of nitrogens with zero attached hydrogens (tertiary/aromatic N) is 1. The van der Waals surface area contributed by atoms with Crippen molar-refractivity contribution in [2.45, 2.75) is 63.5 Å². The van der Waals surface area contributed by atoms with Gasteiger partial charge in [-0.05, 0) is 12.8 Å². The minimum atomic E-state index is -0.545. The van der Waals surface area contributed by atoms with E-state index < -0.39 is 12.0 Å². The van der Waals surface area contributed by atoms with Crippen molar-refractivity contribution in [2.24, 2.45) is 0 Å². The fourth-order valence-corrected chi connectivity index (χ4v) is 3.46. The van der Waals surface area contributed by atoms with Gasteiger partial charge in [0.1, 0.15) is 0 Å². The molecule has 2 amide bonds. The Labute approximate surface area is 143 Å². The molecule has 0 aromatic rings. The Hall–Kier alpha value is -1.63. The molecule has 0 aromatic carbocycles. The summed E-state index contributed by atoms with van der Waals surface area (Å²) < 4.78 is 4.66. The normalized spacial score (nSPS) is 23.2. The summed E-state index contributed by atoms with van der Waals surface area (Å²) in [6.45, 7) is 1.67. The largest absolute Gasteiger partial charge is 0.469 e. The first-order chi connectivity index (χ1) is 11.6. The van der Waals surface area contributed by atoms with E-state index in [1.54, 1.807) is 0 Å². The molecule has 0 unspecified atom stereocenters. The number of rotatable bonds is 6. The molecule has 0 radical (unpaired) electrons. The highest BCUT2D eigenvalue weighted by Gasteiger charge is 2.32. The Bertz CT molecular complexity index is 447. The van der Waals surface area contributed by atoms with E-state index >= 15 is 0 Å². The summed E-state index contributed by atoms with van der Waals surface area (Å²) in [6, 6.07) is -0.257. The number of amides is 2. The molecule has 136 valence electrons. The van der Waals surface area contributed by atoms with Gasteiger partial charge in [-0.2, -0.15) is 0 Å². The fraction of sp³-hybridized carbons (Fsp3) is 0.824. The lowest BCUT2D eigenvalue weighted by Gasteiger charge is -2.34. The van der Waals surface area contributed by atoms with Crippen LogP contribution in [0.15, 0.2) is 0 Å². The minimum Gasteiger partial charge on any atom is -0.469 e. The predicted molar refractivity (Wildman–Crippen MR) is 89.3 cm³/mol. The van der Waals surface area contributed by atoms with Gasteiger partial charge < -0.3 is 15.4 Å². The molecule has 2 fully saturated rings. The molecule has 0 bridgehead atoms. The zero-order valence-electron chi connectivity index (χ0n) is 14.5. The van der Waals surface area contributed by atoms with Crippen LogP contribution < -0.4 is 10.6 Å². The maximum Gasteiger partial charge on any atom is 0.307 e. The zero-order chi connectivity index (χ0) is 17.4. The van der Waals surface area contributed by atoms with Gasteiger partial charge in [-0.3, -0.25) is 19.3 Å². The minimum absolute atomic E-state index is 0.0204. The molecule has 2 N–H and O–H groups in total. The van der Waals surface area contributed by atoms with Gasteiger partial charge in [-0.15, -0.1) is 0 Å². The first-order valence-corrected chi connectivity index (χ1v) is 8.98. The second-order valence-electron chi connectivity index (χ2n) is 6.63. The van der Waals surface area contributed by atoms with Gasteiger partial charge in [-0.25, -0.2) is 0 Å². The van der Waals surface area contributed by atoms with Crippen LogP contribution in [0.5, 0.6) is 0 Å². The molecule has 1 saturated carbocycles. The van der Waals surface area contributed by atoms with Crippen molar-refractivity contribution >= 4 is 17.8 Å². The molecular formula is C17H29N3O4. The van der Waals surface area contributed by atoms with Gasteiger partial charge >= 0.3 is 5.97 Å². The SMILES string of the molecule is COC(=O)C[C@H]1C(=O)NCCN1CCC(=O)NC1CCCCCC1. The molecular weight excluding hydrogens is 310 g/mol. The van der Waals surface area contributed by atoms with Crippen LogP contribution in [-0.2, 0) is 19.1 Å². The number of carbonyl (C=O) groups is 3. The molecule has 1 heterocycles. The number of hydrogen-bond donors (Lipinski definition) is 2. The van der Waals surface area contributed by atoms with Crippen molar-refractivity contribution in [1.29, 1.82) is 0 Å². The van der Waals surface area contributed by atoms with Crippen LogP contribution in [0, 0.1) is 0 Å². The number of methoxy groups -OCH3 is 1. The van der Waals surface area contributed by atoms with Gasteiger partial charge in [0.05, 0.1) is 19.6 Å². The van der Waals surface area contributed by atoms with E-state index in [-0.39, 0.29) is 24.3 Å². The maximum absolute atomic E-state index is 12.2. The molecule has 1 saturated heterocycles. The average molecular weight is 339 g/mol. The molecule has 2 aliphatic rings. The predicted octanol–water partition coefficient (Wildman–Crippen LogP) is 0.579. The van der Waals surface area contributed by atoms with Crippen LogP contribution in [0.4, 0.5) is 0 Å². The molecule has 7 heteroatoms. The second-order valence-corrected chi connectivity index (χ2v) is 6.63. The fourth-order valence-electron chi connectivity index (χ4n) is 3.46. The van der Waals surface area contributed by atoms with Gasteiger partial charge in [0, 0.05) is 32.1 Å². The summed E-state index contributed by atoms with van der Waals surface area (Å²) in [5.74, 6) is -0.550. The Morgan fingerprint density at radius 1 is 1.25 bits per heavy atom. The average Bonchev–Trinajstić information content (AvgIpc) is 2.83. The molecule has 2 rings (SSSR count). The molecule has 24 heavy (non-hydrogen) atoms. The molecule has 1 aliphatic heterocycles. The Kier molecular flexibility index (Phi) is 7.49. The first-order valence-electron chi connectivity index (χ1n) is 8.98. The molecule has 1 atom stereocenters. The van der Waals surface area contributed by atoms with E-state index in [1.807, 2.05) is 4.90 Å². The van der Waals surface area contributed by atoms with Crippen LogP contribution in [0.25, 0.3) is 0 Å². The number of hydrogen-bond acceptors (Lipinski definition) is 5. The van der Waals surface area contributed by atoms with E-state index in [0.29, 0.717) is 26.1 Å². The van der Waals surface area contributed by atoms with Crippen LogP contribution in [0.1, 0.15) is 51.4 Å². The standard InChI is InChI=1S/C17H29N3O4/c1-24-16(22)12-14-17(23)18-9-11-20(14)10-8-15(21)19-13-6-4-2-3-5-7-13/h13-14H,2-12H2,1H3,(H,18,23)(H,19,21)/t14-/m0/s1. The number of esters is 1. The molecule has 1 aliphatic carbocycles. The van der Waals surface area contributed by atoms with Gasteiger partial charge in [0.15, 0.2) is 0 Å². The third kappa shape index (κ3) is 5.78. The number of piperazine rings is 1. The summed E-state index contributed by atoms with van der Waals surface area (Å²) in [4.78, 5) is 37.6. The number of nitrogens with one attached hydrogen (secondary N) is 2. The van der Waals surface area contributed by atoms with Crippen molar-refractivity contribution in [1.82, 2.24) is 15.5 Å². The monoisotopic (exact) mass is 339 g/mol. The topological polar surface area (TPSA) is 87.7 Å².